The van der Waals surface area contributed by atoms with Crippen molar-refractivity contribution in [2.45, 2.75) is 31.9 Å². The van der Waals surface area contributed by atoms with Gasteiger partial charge in [0.15, 0.2) is 0 Å². The SMILES string of the molecule is C=CCCc1ccc(-c2ccc3c(F)c(CCc4ccc(C(F)(F)F)c(F)c4)ccc3c2)cc1. The third-order valence-corrected chi connectivity index (χ3v) is 5.98. The number of rotatable bonds is 7. The molecule has 4 rings (SSSR count). The molecule has 0 aliphatic carbocycles. The summed E-state index contributed by atoms with van der Waals surface area (Å²) < 4.78 is 67.2. The van der Waals surface area contributed by atoms with Crippen molar-refractivity contribution in [3.63, 3.8) is 0 Å². The molecule has 0 radical (unpaired) electrons. The average molecular weight is 466 g/mol. The number of allylic oxidation sites excluding steroid dienone is 1. The van der Waals surface area contributed by atoms with E-state index in [2.05, 4.69) is 18.7 Å². The molecule has 0 spiro atoms. The molecule has 0 unspecified atom stereocenters. The van der Waals surface area contributed by atoms with Gasteiger partial charge in [0.2, 0.25) is 0 Å². The number of halogens is 5. The molecule has 4 aromatic carbocycles. The topological polar surface area (TPSA) is 0 Å². The minimum absolute atomic E-state index is 0.230. The van der Waals surface area contributed by atoms with Gasteiger partial charge in [-0.25, -0.2) is 8.78 Å². The molecule has 0 N–H and O–H groups in total. The number of alkyl halides is 3. The van der Waals surface area contributed by atoms with E-state index in [4.69, 9.17) is 0 Å². The minimum Gasteiger partial charge on any atom is -0.206 e. The zero-order valence-corrected chi connectivity index (χ0v) is 18.4. The zero-order valence-electron chi connectivity index (χ0n) is 18.4. The Balaban J connectivity index is 1.52. The minimum atomic E-state index is -4.74. The Labute approximate surface area is 195 Å². The maximum atomic E-state index is 15.1. The normalized spacial score (nSPS) is 11.7. The van der Waals surface area contributed by atoms with Crippen molar-refractivity contribution in [1.29, 1.82) is 0 Å². The predicted octanol–water partition coefficient (Wildman–Crippen LogP) is 8.71. The fourth-order valence-electron chi connectivity index (χ4n) is 4.07. The Morgan fingerprint density at radius 3 is 2.09 bits per heavy atom. The van der Waals surface area contributed by atoms with Crippen LogP contribution in [0.4, 0.5) is 22.0 Å². The number of fused-ring (bicyclic) bond motifs is 1. The Bertz CT molecular complexity index is 1320. The smallest absolute Gasteiger partial charge is 0.206 e. The highest BCUT2D eigenvalue weighted by Crippen LogP contribution is 2.32. The van der Waals surface area contributed by atoms with Gasteiger partial charge in [0.1, 0.15) is 11.6 Å². The number of aryl methyl sites for hydroxylation is 3. The van der Waals surface area contributed by atoms with Crippen molar-refractivity contribution in [2.75, 3.05) is 0 Å². The lowest BCUT2D eigenvalue weighted by atomic mass is 9.96. The highest BCUT2D eigenvalue weighted by atomic mass is 19.4. The van der Waals surface area contributed by atoms with E-state index < -0.39 is 17.6 Å². The Hall–Kier alpha value is -3.47. The summed E-state index contributed by atoms with van der Waals surface area (Å²) in [5.74, 6) is -1.68. The third-order valence-electron chi connectivity index (χ3n) is 5.98. The lowest BCUT2D eigenvalue weighted by molar-refractivity contribution is -0.140. The second-order valence-corrected chi connectivity index (χ2v) is 8.31. The van der Waals surface area contributed by atoms with Crippen LogP contribution in [0.3, 0.4) is 0 Å². The molecule has 0 bridgehead atoms. The van der Waals surface area contributed by atoms with Crippen LogP contribution >= 0.6 is 0 Å². The summed E-state index contributed by atoms with van der Waals surface area (Å²) in [5.41, 5.74) is 2.78. The van der Waals surface area contributed by atoms with Gasteiger partial charge in [-0.3, -0.25) is 0 Å². The lowest BCUT2D eigenvalue weighted by Gasteiger charge is -2.11. The molecule has 0 saturated carbocycles. The van der Waals surface area contributed by atoms with Gasteiger partial charge in [0.25, 0.3) is 0 Å². The molecule has 5 heteroatoms. The van der Waals surface area contributed by atoms with Crippen LogP contribution in [0.15, 0.2) is 85.5 Å². The molecule has 34 heavy (non-hydrogen) atoms. The van der Waals surface area contributed by atoms with Crippen LogP contribution in [0, 0.1) is 11.6 Å². The summed E-state index contributed by atoms with van der Waals surface area (Å²) >= 11 is 0. The van der Waals surface area contributed by atoms with Gasteiger partial charge >= 0.3 is 6.18 Å². The maximum absolute atomic E-state index is 15.1. The van der Waals surface area contributed by atoms with Gasteiger partial charge in [-0.15, -0.1) is 6.58 Å². The van der Waals surface area contributed by atoms with E-state index in [9.17, 15) is 17.6 Å². The van der Waals surface area contributed by atoms with Gasteiger partial charge in [-0.05, 0) is 77.1 Å². The summed E-state index contributed by atoms with van der Waals surface area (Å²) in [6, 6.07) is 20.2. The fraction of sp³-hybridized carbons (Fsp3) is 0.172. The number of hydrogen-bond donors (Lipinski definition) is 0. The molecule has 0 saturated heterocycles. The van der Waals surface area contributed by atoms with Crippen LogP contribution < -0.4 is 0 Å². The van der Waals surface area contributed by atoms with Gasteiger partial charge in [0, 0.05) is 5.39 Å². The van der Waals surface area contributed by atoms with E-state index in [1.165, 1.54) is 11.6 Å². The van der Waals surface area contributed by atoms with E-state index in [1.807, 2.05) is 36.4 Å². The molecule has 0 heterocycles. The average Bonchev–Trinajstić information content (AvgIpc) is 2.81. The molecule has 0 atom stereocenters. The number of benzene rings is 4. The van der Waals surface area contributed by atoms with Crippen LogP contribution in [0.1, 0.15) is 28.7 Å². The van der Waals surface area contributed by atoms with E-state index in [-0.39, 0.29) is 18.7 Å². The maximum Gasteiger partial charge on any atom is 0.419 e. The standard InChI is InChI=1S/C29H23F5/c1-2-3-4-19-5-9-21(10-6-19)23-14-15-25-24(18-23)13-12-22(28(25)31)11-7-20-8-16-26(27(30)17-20)29(32,33)34/h2,5-6,8-10,12-18H,1,3-4,7,11H2. The van der Waals surface area contributed by atoms with Crippen molar-refractivity contribution >= 4 is 10.8 Å². The van der Waals surface area contributed by atoms with Crippen molar-refractivity contribution in [3.8, 4) is 11.1 Å². The summed E-state index contributed by atoms with van der Waals surface area (Å²) in [5, 5.41) is 1.23. The summed E-state index contributed by atoms with van der Waals surface area (Å²) in [6.07, 6.45) is -0.505. The Morgan fingerprint density at radius 2 is 1.41 bits per heavy atom. The van der Waals surface area contributed by atoms with E-state index in [0.29, 0.717) is 16.5 Å². The number of hydrogen-bond acceptors (Lipinski definition) is 0. The van der Waals surface area contributed by atoms with Gasteiger partial charge in [-0.1, -0.05) is 60.7 Å². The molecule has 0 fully saturated rings. The lowest BCUT2D eigenvalue weighted by Crippen LogP contribution is -2.08. The molecular weight excluding hydrogens is 443 g/mol. The molecule has 4 aromatic rings. The van der Waals surface area contributed by atoms with Crippen LogP contribution in [0.5, 0.6) is 0 Å². The molecule has 0 aromatic heterocycles. The van der Waals surface area contributed by atoms with Crippen molar-refractivity contribution in [1.82, 2.24) is 0 Å². The molecule has 0 aliphatic rings. The molecule has 0 nitrogen and oxygen atoms in total. The van der Waals surface area contributed by atoms with E-state index >= 15 is 4.39 Å². The molecule has 0 amide bonds. The first-order valence-corrected chi connectivity index (χ1v) is 11.0. The summed E-state index contributed by atoms with van der Waals surface area (Å²) in [4.78, 5) is 0. The molecule has 0 aliphatic heterocycles. The van der Waals surface area contributed by atoms with Gasteiger partial charge < -0.3 is 0 Å². The van der Waals surface area contributed by atoms with Crippen LogP contribution in [0.25, 0.3) is 21.9 Å². The second kappa shape index (κ2) is 9.80. The first-order valence-electron chi connectivity index (χ1n) is 11.0. The summed E-state index contributed by atoms with van der Waals surface area (Å²) in [7, 11) is 0. The second-order valence-electron chi connectivity index (χ2n) is 8.31. The fourth-order valence-corrected chi connectivity index (χ4v) is 4.07. The van der Waals surface area contributed by atoms with Crippen LogP contribution in [0.2, 0.25) is 0 Å². The Morgan fingerprint density at radius 1 is 0.706 bits per heavy atom. The molecule has 174 valence electrons. The largest absolute Gasteiger partial charge is 0.419 e. The highest BCUT2D eigenvalue weighted by Gasteiger charge is 2.33. The van der Waals surface area contributed by atoms with E-state index in [0.717, 1.165) is 41.5 Å². The Kier molecular flexibility index (Phi) is 6.82. The first-order chi connectivity index (χ1) is 16.3. The van der Waals surface area contributed by atoms with Crippen molar-refractivity contribution in [2.24, 2.45) is 0 Å². The van der Waals surface area contributed by atoms with Crippen molar-refractivity contribution in [3.05, 3.63) is 119 Å². The summed E-state index contributed by atoms with van der Waals surface area (Å²) in [6.45, 7) is 3.74. The zero-order chi connectivity index (χ0) is 24.3. The monoisotopic (exact) mass is 466 g/mol. The highest BCUT2D eigenvalue weighted by molar-refractivity contribution is 5.88. The van der Waals surface area contributed by atoms with Gasteiger partial charge in [0.05, 0.1) is 5.56 Å². The van der Waals surface area contributed by atoms with E-state index in [1.54, 1.807) is 12.1 Å². The van der Waals surface area contributed by atoms with Crippen LogP contribution in [-0.2, 0) is 25.4 Å². The van der Waals surface area contributed by atoms with Crippen molar-refractivity contribution < 1.29 is 22.0 Å². The predicted molar refractivity (Wildman–Crippen MR) is 127 cm³/mol. The molecular formula is C29H23F5. The van der Waals surface area contributed by atoms with Crippen LogP contribution in [-0.4, -0.2) is 0 Å². The first kappa shape index (κ1) is 23.7. The quantitative estimate of drug-likeness (QED) is 0.189. The third kappa shape index (κ3) is 5.19. The van der Waals surface area contributed by atoms with Gasteiger partial charge in [-0.2, -0.15) is 13.2 Å².